The Labute approximate surface area is 120 Å². The molecule has 0 unspecified atom stereocenters. The zero-order chi connectivity index (χ0) is 12.3. The first kappa shape index (κ1) is 12.6. The lowest BCUT2D eigenvalue weighted by atomic mass is 10.2. The maximum Gasteiger partial charge on any atom is 0.0479 e. The van der Waals surface area contributed by atoms with Gasteiger partial charge >= 0.3 is 0 Å². The molecule has 1 aromatic carbocycles. The first-order chi connectivity index (χ1) is 8.15. The number of anilines is 1. The van der Waals surface area contributed by atoms with Crippen molar-refractivity contribution >= 4 is 39.9 Å². The van der Waals surface area contributed by atoms with Crippen LogP contribution >= 0.6 is 34.2 Å². The van der Waals surface area contributed by atoms with Gasteiger partial charge < -0.3 is 5.32 Å². The van der Waals surface area contributed by atoms with Crippen LogP contribution in [0.15, 0.2) is 36.5 Å². The van der Waals surface area contributed by atoms with Crippen molar-refractivity contribution in [2.45, 2.75) is 13.5 Å². The van der Waals surface area contributed by atoms with Gasteiger partial charge in [-0.25, -0.2) is 0 Å². The van der Waals surface area contributed by atoms with Gasteiger partial charge in [-0.1, -0.05) is 17.7 Å². The van der Waals surface area contributed by atoms with E-state index in [9.17, 15) is 0 Å². The van der Waals surface area contributed by atoms with E-state index in [1.54, 1.807) is 0 Å². The summed E-state index contributed by atoms with van der Waals surface area (Å²) in [5.74, 6) is 0. The maximum absolute atomic E-state index is 5.91. The van der Waals surface area contributed by atoms with E-state index in [0.717, 1.165) is 26.5 Å². The number of halogens is 2. The lowest BCUT2D eigenvalue weighted by Crippen LogP contribution is -2.01. The Morgan fingerprint density at radius 1 is 1.29 bits per heavy atom. The van der Waals surface area contributed by atoms with E-state index in [-0.39, 0.29) is 0 Å². The first-order valence-corrected chi connectivity index (χ1v) is 6.71. The molecule has 0 spiro atoms. The molecule has 0 atom stereocenters. The number of rotatable bonds is 3. The van der Waals surface area contributed by atoms with Crippen molar-refractivity contribution in [3.05, 3.63) is 56.4 Å². The highest BCUT2D eigenvalue weighted by molar-refractivity contribution is 14.1. The number of hydrogen-bond acceptors (Lipinski definition) is 2. The quantitative estimate of drug-likeness (QED) is 0.829. The fourth-order valence-electron chi connectivity index (χ4n) is 1.43. The molecule has 0 saturated carbocycles. The number of benzene rings is 1. The van der Waals surface area contributed by atoms with Crippen LogP contribution in [0.3, 0.4) is 0 Å². The van der Waals surface area contributed by atoms with Crippen molar-refractivity contribution in [2.24, 2.45) is 0 Å². The van der Waals surface area contributed by atoms with Gasteiger partial charge in [-0.2, -0.15) is 0 Å². The number of aryl methyl sites for hydroxylation is 1. The van der Waals surface area contributed by atoms with E-state index >= 15 is 0 Å². The molecule has 1 N–H and O–H groups in total. The minimum Gasteiger partial charge on any atom is -0.380 e. The Bertz CT molecular complexity index is 511. The molecular weight excluding hydrogens is 347 g/mol. The minimum atomic E-state index is 0.761. The van der Waals surface area contributed by atoms with Gasteiger partial charge in [0, 0.05) is 32.7 Å². The number of aromatic nitrogens is 1. The molecule has 1 aromatic heterocycles. The molecule has 4 heteroatoms. The molecule has 0 saturated heterocycles. The van der Waals surface area contributed by atoms with Gasteiger partial charge in [-0.15, -0.1) is 0 Å². The normalized spacial score (nSPS) is 10.3. The molecule has 17 heavy (non-hydrogen) atoms. The molecule has 0 aliphatic heterocycles. The molecule has 1 heterocycles. The van der Waals surface area contributed by atoms with Gasteiger partial charge in [0.05, 0.1) is 0 Å². The predicted octanol–water partition coefficient (Wildman–Crippen LogP) is 4.26. The average molecular weight is 359 g/mol. The highest BCUT2D eigenvalue weighted by atomic mass is 127. The van der Waals surface area contributed by atoms with E-state index in [1.165, 1.54) is 5.56 Å². The van der Waals surface area contributed by atoms with Crippen molar-refractivity contribution in [1.82, 2.24) is 4.98 Å². The van der Waals surface area contributed by atoms with E-state index in [0.29, 0.717) is 0 Å². The number of pyridine rings is 1. The third-order valence-corrected chi connectivity index (χ3v) is 3.51. The van der Waals surface area contributed by atoms with E-state index < -0.39 is 0 Å². The Kier molecular flexibility index (Phi) is 4.23. The van der Waals surface area contributed by atoms with Crippen LogP contribution in [-0.2, 0) is 6.54 Å². The zero-order valence-electron chi connectivity index (χ0n) is 9.37. The van der Waals surface area contributed by atoms with E-state index in [2.05, 4.69) is 39.0 Å². The van der Waals surface area contributed by atoms with E-state index in [1.807, 2.05) is 37.4 Å². The Balaban J connectivity index is 2.04. The molecule has 0 bridgehead atoms. The van der Waals surface area contributed by atoms with Crippen molar-refractivity contribution < 1.29 is 0 Å². The Hall–Kier alpha value is -0.810. The van der Waals surface area contributed by atoms with Crippen molar-refractivity contribution in [3.8, 4) is 0 Å². The number of hydrogen-bond donors (Lipinski definition) is 1. The van der Waals surface area contributed by atoms with Crippen molar-refractivity contribution in [3.63, 3.8) is 0 Å². The molecule has 0 aliphatic carbocycles. The summed E-state index contributed by atoms with van der Waals surface area (Å²) in [4.78, 5) is 4.26. The molecule has 0 fully saturated rings. The second-order valence-electron chi connectivity index (χ2n) is 3.79. The second-order valence-corrected chi connectivity index (χ2v) is 5.38. The Morgan fingerprint density at radius 3 is 2.76 bits per heavy atom. The lowest BCUT2D eigenvalue weighted by molar-refractivity contribution is 1.08. The van der Waals surface area contributed by atoms with Gasteiger partial charge in [0.1, 0.15) is 0 Å². The third-order valence-electron chi connectivity index (χ3n) is 2.39. The van der Waals surface area contributed by atoms with Crippen LogP contribution in [-0.4, -0.2) is 4.98 Å². The van der Waals surface area contributed by atoms with Crippen LogP contribution in [0.1, 0.15) is 11.3 Å². The summed E-state index contributed by atoms with van der Waals surface area (Å²) in [6, 6.07) is 9.92. The molecule has 0 radical (unpaired) electrons. The first-order valence-electron chi connectivity index (χ1n) is 5.25. The molecule has 2 aromatic rings. The third kappa shape index (κ3) is 3.57. The highest BCUT2D eigenvalue weighted by Gasteiger charge is 2.00. The maximum atomic E-state index is 5.91. The smallest absolute Gasteiger partial charge is 0.0479 e. The minimum absolute atomic E-state index is 0.761. The van der Waals surface area contributed by atoms with Gasteiger partial charge in [0.25, 0.3) is 0 Å². The number of nitrogens with zero attached hydrogens (tertiary/aromatic N) is 1. The van der Waals surface area contributed by atoms with Crippen molar-refractivity contribution in [1.29, 1.82) is 0 Å². The lowest BCUT2D eigenvalue weighted by Gasteiger charge is -2.08. The largest absolute Gasteiger partial charge is 0.380 e. The van der Waals surface area contributed by atoms with Crippen LogP contribution < -0.4 is 5.32 Å². The molecular formula is C13H12ClIN2. The number of nitrogens with one attached hydrogen (secondary N) is 1. The summed E-state index contributed by atoms with van der Waals surface area (Å²) >= 11 is 8.18. The highest BCUT2D eigenvalue weighted by Crippen LogP contribution is 2.22. The summed E-state index contributed by atoms with van der Waals surface area (Å²) in [6.45, 7) is 2.75. The second kappa shape index (κ2) is 5.69. The summed E-state index contributed by atoms with van der Waals surface area (Å²) in [7, 11) is 0. The fourth-order valence-corrected chi connectivity index (χ4v) is 2.50. The monoisotopic (exact) mass is 358 g/mol. The van der Waals surface area contributed by atoms with E-state index in [4.69, 9.17) is 11.6 Å². The summed E-state index contributed by atoms with van der Waals surface area (Å²) in [6.07, 6.45) is 1.89. The molecule has 2 rings (SSSR count). The SMILES string of the molecule is Cc1ccc(CNc2ccc(Cl)cc2I)cn1. The topological polar surface area (TPSA) is 24.9 Å². The predicted molar refractivity (Wildman–Crippen MR) is 80.5 cm³/mol. The average Bonchev–Trinajstić information content (AvgIpc) is 2.30. The van der Waals surface area contributed by atoms with Gasteiger partial charge in [0.2, 0.25) is 0 Å². The summed E-state index contributed by atoms with van der Waals surface area (Å²) in [5, 5.41) is 4.13. The molecule has 2 nitrogen and oxygen atoms in total. The fraction of sp³-hybridized carbons (Fsp3) is 0.154. The van der Waals surface area contributed by atoms with Crippen molar-refractivity contribution in [2.75, 3.05) is 5.32 Å². The molecule has 88 valence electrons. The van der Waals surface area contributed by atoms with Crippen LogP contribution in [0.25, 0.3) is 0 Å². The van der Waals surface area contributed by atoms with Crippen LogP contribution in [0.2, 0.25) is 5.02 Å². The van der Waals surface area contributed by atoms with Gasteiger partial charge in [-0.05, 0) is 59.3 Å². The summed E-state index contributed by atoms with van der Waals surface area (Å²) in [5.41, 5.74) is 3.30. The van der Waals surface area contributed by atoms with Crippen LogP contribution in [0, 0.1) is 10.5 Å². The zero-order valence-corrected chi connectivity index (χ0v) is 12.3. The standard InChI is InChI=1S/C13H12ClIN2/c1-9-2-3-10(7-16-9)8-17-13-5-4-11(14)6-12(13)15/h2-7,17H,8H2,1H3. The van der Waals surface area contributed by atoms with Gasteiger partial charge in [0.15, 0.2) is 0 Å². The molecule has 0 aliphatic rings. The summed E-state index contributed by atoms with van der Waals surface area (Å²) < 4.78 is 1.12. The van der Waals surface area contributed by atoms with Crippen LogP contribution in [0.5, 0.6) is 0 Å². The molecule has 0 amide bonds. The van der Waals surface area contributed by atoms with Gasteiger partial charge in [-0.3, -0.25) is 4.98 Å². The Morgan fingerprint density at radius 2 is 2.12 bits per heavy atom. The van der Waals surface area contributed by atoms with Crippen LogP contribution in [0.4, 0.5) is 5.69 Å².